The van der Waals surface area contributed by atoms with Crippen molar-refractivity contribution in [1.82, 2.24) is 15.1 Å². The highest BCUT2D eigenvalue weighted by atomic mass is 32.1. The lowest BCUT2D eigenvalue weighted by atomic mass is 9.90. The van der Waals surface area contributed by atoms with Gasteiger partial charge in [0.15, 0.2) is 0 Å². The highest BCUT2D eigenvalue weighted by Crippen LogP contribution is 2.35. The molecule has 1 aliphatic rings. The molecule has 1 aliphatic carbocycles. The fourth-order valence-electron chi connectivity index (χ4n) is 3.34. The Bertz CT molecular complexity index is 728. The maximum atomic E-state index is 12.7. The molecule has 0 atom stereocenters. The molecule has 7 heteroatoms. The van der Waals surface area contributed by atoms with E-state index in [4.69, 9.17) is 0 Å². The molecule has 0 aliphatic heterocycles. The molecule has 2 aromatic rings. The van der Waals surface area contributed by atoms with Crippen LogP contribution in [0.4, 0.5) is 9.93 Å². The molecule has 1 fully saturated rings. The summed E-state index contributed by atoms with van der Waals surface area (Å²) in [6, 6.07) is 6.90. The van der Waals surface area contributed by atoms with Gasteiger partial charge in [0.1, 0.15) is 10.8 Å². The molecule has 2 amide bonds. The summed E-state index contributed by atoms with van der Waals surface area (Å²) in [5.41, 5.74) is 0.733. The van der Waals surface area contributed by atoms with Crippen molar-refractivity contribution in [2.75, 3.05) is 11.9 Å². The van der Waals surface area contributed by atoms with Gasteiger partial charge in [-0.2, -0.15) is 0 Å². The maximum Gasteiger partial charge on any atom is 0.323 e. The van der Waals surface area contributed by atoms with Crippen molar-refractivity contribution in [2.45, 2.75) is 57.9 Å². The maximum absolute atomic E-state index is 12.7. The minimum atomic E-state index is -0.207. The van der Waals surface area contributed by atoms with Crippen LogP contribution in [0.1, 0.15) is 61.9 Å². The molecule has 0 spiro atoms. The van der Waals surface area contributed by atoms with Gasteiger partial charge in [0.05, 0.1) is 6.54 Å². The van der Waals surface area contributed by atoms with Crippen molar-refractivity contribution in [3.8, 4) is 5.75 Å². The van der Waals surface area contributed by atoms with E-state index in [0.717, 1.165) is 29.8 Å². The molecule has 140 valence electrons. The van der Waals surface area contributed by atoms with E-state index in [1.54, 1.807) is 17.0 Å². The first-order valence-electron chi connectivity index (χ1n) is 9.33. The third kappa shape index (κ3) is 4.72. The first kappa shape index (κ1) is 18.6. The highest BCUT2D eigenvalue weighted by molar-refractivity contribution is 7.15. The quantitative estimate of drug-likeness (QED) is 0.766. The van der Waals surface area contributed by atoms with Crippen LogP contribution in [0.15, 0.2) is 24.3 Å². The Labute approximate surface area is 158 Å². The van der Waals surface area contributed by atoms with Crippen molar-refractivity contribution < 1.29 is 9.90 Å². The van der Waals surface area contributed by atoms with E-state index in [1.165, 1.54) is 30.6 Å². The molecule has 0 bridgehead atoms. The predicted molar refractivity (Wildman–Crippen MR) is 104 cm³/mol. The number of urea groups is 1. The molecule has 0 saturated heterocycles. The van der Waals surface area contributed by atoms with Crippen molar-refractivity contribution in [2.24, 2.45) is 0 Å². The number of rotatable bonds is 6. The summed E-state index contributed by atoms with van der Waals surface area (Å²) in [5, 5.41) is 22.9. The number of benzene rings is 1. The molecule has 0 unspecified atom stereocenters. The smallest absolute Gasteiger partial charge is 0.323 e. The van der Waals surface area contributed by atoms with Crippen molar-refractivity contribution in [3.63, 3.8) is 0 Å². The Kier molecular flexibility index (Phi) is 6.44. The number of carbonyl (C=O) groups is 1. The van der Waals surface area contributed by atoms with E-state index in [0.29, 0.717) is 24.1 Å². The van der Waals surface area contributed by atoms with Crippen molar-refractivity contribution in [3.05, 3.63) is 34.8 Å². The van der Waals surface area contributed by atoms with Gasteiger partial charge in [0, 0.05) is 18.0 Å². The molecule has 6 nitrogen and oxygen atoms in total. The summed E-state index contributed by atoms with van der Waals surface area (Å²) < 4.78 is 0. The van der Waals surface area contributed by atoms with Crippen LogP contribution in [0.3, 0.4) is 0 Å². The molecule has 2 N–H and O–H groups in total. The van der Waals surface area contributed by atoms with E-state index < -0.39 is 0 Å². The second-order valence-corrected chi connectivity index (χ2v) is 7.77. The number of phenols is 1. The Balaban J connectivity index is 1.64. The number of amides is 2. The van der Waals surface area contributed by atoms with E-state index in [-0.39, 0.29) is 11.8 Å². The first-order chi connectivity index (χ1) is 12.7. The Morgan fingerprint density at radius 3 is 2.77 bits per heavy atom. The monoisotopic (exact) mass is 374 g/mol. The standard InChI is InChI=1S/C19H26N4O2S/c1-2-12-23(13-15-10-6-7-11-16(15)24)19(25)20-18-22-21-17(26-18)14-8-4-3-5-9-14/h6-7,10-11,14,24H,2-5,8-9,12-13H2,1H3,(H,20,22,25). The number of para-hydroxylation sites is 1. The second kappa shape index (κ2) is 8.98. The van der Waals surface area contributed by atoms with Gasteiger partial charge < -0.3 is 10.0 Å². The van der Waals surface area contributed by atoms with Crippen LogP contribution >= 0.6 is 11.3 Å². The largest absolute Gasteiger partial charge is 0.508 e. The minimum absolute atomic E-state index is 0.205. The molecule has 1 aromatic heterocycles. The Morgan fingerprint density at radius 1 is 1.27 bits per heavy atom. The van der Waals surface area contributed by atoms with E-state index in [1.807, 2.05) is 19.1 Å². The zero-order valence-corrected chi connectivity index (χ0v) is 16.0. The number of nitrogens with one attached hydrogen (secondary N) is 1. The van der Waals surface area contributed by atoms with Crippen molar-refractivity contribution in [1.29, 1.82) is 0 Å². The van der Waals surface area contributed by atoms with Gasteiger partial charge in [0.25, 0.3) is 0 Å². The third-order valence-corrected chi connectivity index (χ3v) is 5.74. The Morgan fingerprint density at radius 2 is 2.04 bits per heavy atom. The zero-order valence-electron chi connectivity index (χ0n) is 15.1. The van der Waals surface area contributed by atoms with E-state index in [9.17, 15) is 9.90 Å². The van der Waals surface area contributed by atoms with Crippen LogP contribution in [-0.4, -0.2) is 32.8 Å². The Hall–Kier alpha value is -2.15. The van der Waals surface area contributed by atoms with Gasteiger partial charge in [0.2, 0.25) is 5.13 Å². The SMILES string of the molecule is CCCN(Cc1ccccc1O)C(=O)Nc1nnc(C2CCCCC2)s1. The molecule has 3 rings (SSSR count). The van der Waals surface area contributed by atoms with Gasteiger partial charge in [-0.1, -0.05) is 55.7 Å². The van der Waals surface area contributed by atoms with Crippen molar-refractivity contribution >= 4 is 22.5 Å². The number of anilines is 1. The van der Waals surface area contributed by atoms with Gasteiger partial charge in [-0.05, 0) is 25.3 Å². The molecule has 1 saturated carbocycles. The lowest BCUT2D eigenvalue weighted by molar-refractivity contribution is 0.208. The number of hydrogen-bond donors (Lipinski definition) is 2. The van der Waals surface area contributed by atoms with E-state index >= 15 is 0 Å². The summed E-state index contributed by atoms with van der Waals surface area (Å²) in [5.74, 6) is 0.691. The van der Waals surface area contributed by atoms with Crippen LogP contribution in [0.25, 0.3) is 0 Å². The van der Waals surface area contributed by atoms with E-state index in [2.05, 4.69) is 15.5 Å². The summed E-state index contributed by atoms with van der Waals surface area (Å²) in [7, 11) is 0. The van der Waals surface area contributed by atoms with Gasteiger partial charge >= 0.3 is 6.03 Å². The fraction of sp³-hybridized carbons (Fsp3) is 0.526. The minimum Gasteiger partial charge on any atom is -0.508 e. The molecule has 1 heterocycles. The topological polar surface area (TPSA) is 78.4 Å². The average molecular weight is 375 g/mol. The zero-order chi connectivity index (χ0) is 18.4. The lowest BCUT2D eigenvalue weighted by Crippen LogP contribution is -2.35. The average Bonchev–Trinajstić information content (AvgIpc) is 3.12. The van der Waals surface area contributed by atoms with Gasteiger partial charge in [-0.3, -0.25) is 5.32 Å². The van der Waals surface area contributed by atoms with Crippen LogP contribution in [0.5, 0.6) is 5.75 Å². The molecule has 0 radical (unpaired) electrons. The molecular weight excluding hydrogens is 348 g/mol. The van der Waals surface area contributed by atoms with Crippen LogP contribution in [0, 0.1) is 0 Å². The number of phenolic OH excluding ortho intramolecular Hbond substituents is 1. The lowest BCUT2D eigenvalue weighted by Gasteiger charge is -2.22. The number of aromatic hydroxyl groups is 1. The predicted octanol–water partition coefficient (Wildman–Crippen LogP) is 4.74. The summed E-state index contributed by atoms with van der Waals surface area (Å²) >= 11 is 1.48. The first-order valence-corrected chi connectivity index (χ1v) is 10.1. The summed E-state index contributed by atoms with van der Waals surface area (Å²) in [6.07, 6.45) is 6.96. The number of hydrogen-bond acceptors (Lipinski definition) is 5. The van der Waals surface area contributed by atoms with Crippen LogP contribution in [0.2, 0.25) is 0 Å². The van der Waals surface area contributed by atoms with Crippen LogP contribution in [-0.2, 0) is 6.54 Å². The van der Waals surface area contributed by atoms with Gasteiger partial charge in [-0.15, -0.1) is 10.2 Å². The fourth-order valence-corrected chi connectivity index (χ4v) is 4.24. The molecule has 26 heavy (non-hydrogen) atoms. The van der Waals surface area contributed by atoms with Gasteiger partial charge in [-0.25, -0.2) is 4.79 Å². The number of carbonyl (C=O) groups excluding carboxylic acids is 1. The number of nitrogens with zero attached hydrogens (tertiary/aromatic N) is 3. The molecule has 1 aromatic carbocycles. The second-order valence-electron chi connectivity index (χ2n) is 6.76. The third-order valence-electron chi connectivity index (χ3n) is 4.74. The summed E-state index contributed by atoms with van der Waals surface area (Å²) in [6.45, 7) is 2.99. The molecular formula is C19H26N4O2S. The highest BCUT2D eigenvalue weighted by Gasteiger charge is 2.21. The summed E-state index contributed by atoms with van der Waals surface area (Å²) in [4.78, 5) is 14.4. The van der Waals surface area contributed by atoms with Crippen LogP contribution < -0.4 is 5.32 Å². The number of aromatic nitrogens is 2. The normalized spacial score (nSPS) is 15.0.